The van der Waals surface area contributed by atoms with Crippen molar-refractivity contribution in [3.63, 3.8) is 0 Å². The van der Waals surface area contributed by atoms with Gasteiger partial charge in [0.05, 0.1) is 0 Å². The van der Waals surface area contributed by atoms with E-state index in [9.17, 15) is 8.42 Å². The Kier molecular flexibility index (Phi) is 1.64. The van der Waals surface area contributed by atoms with Crippen LogP contribution in [0.15, 0.2) is 0 Å². The Bertz CT molecular complexity index is 308. The van der Waals surface area contributed by atoms with Gasteiger partial charge in [0.1, 0.15) is 11.4 Å². The van der Waals surface area contributed by atoms with Crippen molar-refractivity contribution in [1.29, 1.82) is 0 Å². The number of hydrogen-bond donors (Lipinski definition) is 0. The number of nitrogens with zero attached hydrogens (tertiary/aromatic N) is 1. The largest absolute Gasteiger partial charge is 0.292 e. The lowest BCUT2D eigenvalue weighted by Gasteiger charge is -2.57. The molecule has 2 aliphatic heterocycles. The summed E-state index contributed by atoms with van der Waals surface area (Å²) in [7, 11) is -3.15. The van der Waals surface area contributed by atoms with Crippen LogP contribution in [-0.2, 0) is 14.3 Å². The first kappa shape index (κ1) is 9.43. The highest BCUT2D eigenvalue weighted by Gasteiger charge is 2.59. The van der Waals surface area contributed by atoms with Gasteiger partial charge in [-0.2, -0.15) is 8.42 Å². The molecule has 2 saturated heterocycles. The van der Waals surface area contributed by atoms with Crippen LogP contribution in [0.25, 0.3) is 0 Å². The molecule has 0 aliphatic carbocycles. The molecule has 0 atom stereocenters. The zero-order valence-electron chi connectivity index (χ0n) is 8.20. The summed E-state index contributed by atoms with van der Waals surface area (Å²) in [5.74, 6) is 0.201. The smallest absolute Gasteiger partial charge is 0.270 e. The fraction of sp³-hybridized carbons (Fsp3) is 1.00. The Morgan fingerprint density at radius 1 is 1.31 bits per heavy atom. The molecule has 1 spiro atoms. The highest BCUT2D eigenvalue weighted by Crippen LogP contribution is 2.40. The molecule has 0 amide bonds. The second kappa shape index (κ2) is 2.27. The van der Waals surface area contributed by atoms with Crippen molar-refractivity contribution in [2.24, 2.45) is 0 Å². The lowest BCUT2D eigenvalue weighted by molar-refractivity contribution is -0.120. The van der Waals surface area contributed by atoms with Crippen LogP contribution in [0.5, 0.6) is 0 Å². The third-order valence-electron chi connectivity index (χ3n) is 2.65. The molecule has 0 saturated carbocycles. The van der Waals surface area contributed by atoms with Gasteiger partial charge in [0.2, 0.25) is 0 Å². The van der Waals surface area contributed by atoms with Crippen molar-refractivity contribution >= 4 is 10.1 Å². The van der Waals surface area contributed by atoms with Crippen molar-refractivity contribution in [3.05, 3.63) is 0 Å². The first-order valence-corrected chi connectivity index (χ1v) is 5.99. The van der Waals surface area contributed by atoms with E-state index in [1.165, 1.54) is 0 Å². The molecular formula is C8H15NO3S. The van der Waals surface area contributed by atoms with Gasteiger partial charge in [0.15, 0.2) is 0 Å². The molecule has 0 aromatic rings. The fourth-order valence-electron chi connectivity index (χ4n) is 1.85. The summed E-state index contributed by atoms with van der Waals surface area (Å²) in [6, 6.07) is 0. The van der Waals surface area contributed by atoms with Crippen molar-refractivity contribution in [3.8, 4) is 0 Å². The molecule has 0 bridgehead atoms. The van der Waals surface area contributed by atoms with Crippen LogP contribution in [0.4, 0.5) is 0 Å². The van der Waals surface area contributed by atoms with Gasteiger partial charge in [0.25, 0.3) is 10.1 Å². The van der Waals surface area contributed by atoms with Gasteiger partial charge < -0.3 is 0 Å². The third-order valence-corrected chi connectivity index (χ3v) is 4.14. The summed E-state index contributed by atoms with van der Waals surface area (Å²) in [6.45, 7) is 7.85. The van der Waals surface area contributed by atoms with Gasteiger partial charge in [0, 0.05) is 18.6 Å². The molecule has 0 N–H and O–H groups in total. The Hall–Kier alpha value is -0.130. The second-order valence-electron chi connectivity index (χ2n) is 5.00. The molecule has 76 valence electrons. The van der Waals surface area contributed by atoms with Crippen molar-refractivity contribution in [2.45, 2.75) is 31.9 Å². The van der Waals surface area contributed by atoms with Crippen molar-refractivity contribution < 1.29 is 12.6 Å². The SMILES string of the molecule is CC(C)(C)N1CC2(C1)CS(=O)(=O)O2. The molecule has 4 nitrogen and oxygen atoms in total. The normalized spacial score (nSPS) is 31.0. The first-order chi connectivity index (χ1) is 5.73. The predicted molar refractivity (Wildman–Crippen MR) is 48.9 cm³/mol. The molecule has 2 fully saturated rings. The van der Waals surface area contributed by atoms with Crippen molar-refractivity contribution in [1.82, 2.24) is 4.90 Å². The Morgan fingerprint density at radius 2 is 1.77 bits per heavy atom. The Morgan fingerprint density at radius 3 is 2.08 bits per heavy atom. The summed E-state index contributed by atoms with van der Waals surface area (Å²) < 4.78 is 26.5. The highest BCUT2D eigenvalue weighted by molar-refractivity contribution is 7.88. The highest BCUT2D eigenvalue weighted by atomic mass is 32.2. The quantitative estimate of drug-likeness (QED) is 0.530. The molecule has 5 heteroatoms. The third kappa shape index (κ3) is 1.49. The van der Waals surface area contributed by atoms with Crippen LogP contribution in [-0.4, -0.2) is 43.3 Å². The Balaban J connectivity index is 1.94. The maximum Gasteiger partial charge on any atom is 0.270 e. The topological polar surface area (TPSA) is 46.6 Å². The van der Waals surface area contributed by atoms with Crippen LogP contribution in [0.2, 0.25) is 0 Å². The minimum Gasteiger partial charge on any atom is -0.292 e. The standard InChI is InChI=1S/C8H15NO3S/c1-7(2,3)9-4-8(5-9)6-13(10,11)12-8/h4-6H2,1-3H3. The summed E-state index contributed by atoms with van der Waals surface area (Å²) in [4.78, 5) is 2.22. The number of rotatable bonds is 0. The van der Waals surface area contributed by atoms with E-state index in [1.54, 1.807) is 0 Å². The predicted octanol–water partition coefficient (Wildman–Crippen LogP) is 0.199. The zero-order chi connectivity index (χ0) is 9.91. The summed E-state index contributed by atoms with van der Waals surface area (Å²) in [5, 5.41) is 0. The first-order valence-electron chi connectivity index (χ1n) is 4.41. The van der Waals surface area contributed by atoms with Crippen LogP contribution < -0.4 is 0 Å². The molecule has 0 radical (unpaired) electrons. The van der Waals surface area contributed by atoms with Crippen molar-refractivity contribution in [2.75, 3.05) is 18.8 Å². The van der Waals surface area contributed by atoms with Gasteiger partial charge >= 0.3 is 0 Å². The molecule has 0 aromatic carbocycles. The van der Waals surface area contributed by atoms with Gasteiger partial charge in [-0.25, -0.2) is 0 Å². The lowest BCUT2D eigenvalue weighted by atomic mass is 9.90. The molecule has 2 heterocycles. The maximum absolute atomic E-state index is 10.8. The molecule has 2 aliphatic rings. The maximum atomic E-state index is 10.8. The molecule has 0 unspecified atom stereocenters. The van der Waals surface area contributed by atoms with Crippen LogP contribution in [0.3, 0.4) is 0 Å². The van der Waals surface area contributed by atoms with Gasteiger partial charge in [-0.15, -0.1) is 0 Å². The summed E-state index contributed by atoms with van der Waals surface area (Å²) in [6.07, 6.45) is 0. The molecule has 13 heavy (non-hydrogen) atoms. The van der Waals surface area contributed by atoms with Crippen LogP contribution >= 0.6 is 0 Å². The van der Waals surface area contributed by atoms with E-state index in [-0.39, 0.29) is 16.9 Å². The summed E-state index contributed by atoms with van der Waals surface area (Å²) in [5.41, 5.74) is -0.236. The van der Waals surface area contributed by atoms with E-state index in [2.05, 4.69) is 25.7 Å². The molecule has 2 rings (SSSR count). The van der Waals surface area contributed by atoms with E-state index in [4.69, 9.17) is 4.18 Å². The number of hydrogen-bond acceptors (Lipinski definition) is 4. The average molecular weight is 205 g/mol. The average Bonchev–Trinajstić information content (AvgIpc) is 1.72. The van der Waals surface area contributed by atoms with Gasteiger partial charge in [-0.05, 0) is 20.8 Å². The van der Waals surface area contributed by atoms with Crippen LogP contribution in [0, 0.1) is 0 Å². The number of likely N-dealkylation sites (tertiary alicyclic amines) is 1. The van der Waals surface area contributed by atoms with E-state index < -0.39 is 10.1 Å². The Labute approximate surface area is 79.0 Å². The van der Waals surface area contributed by atoms with E-state index in [1.807, 2.05) is 0 Å². The minimum atomic E-state index is -3.15. The monoisotopic (exact) mass is 205 g/mol. The summed E-state index contributed by atoms with van der Waals surface area (Å²) >= 11 is 0. The lowest BCUT2D eigenvalue weighted by Crippen LogP contribution is -2.75. The second-order valence-corrected chi connectivity index (χ2v) is 6.57. The van der Waals surface area contributed by atoms with Gasteiger partial charge in [-0.3, -0.25) is 9.08 Å². The van der Waals surface area contributed by atoms with E-state index in [0.29, 0.717) is 0 Å². The molecule has 0 aromatic heterocycles. The van der Waals surface area contributed by atoms with Crippen LogP contribution in [0.1, 0.15) is 20.8 Å². The fourth-order valence-corrected chi connectivity index (χ4v) is 3.31. The van der Waals surface area contributed by atoms with E-state index >= 15 is 0 Å². The zero-order valence-corrected chi connectivity index (χ0v) is 9.02. The van der Waals surface area contributed by atoms with E-state index in [0.717, 1.165) is 13.1 Å². The van der Waals surface area contributed by atoms with Gasteiger partial charge in [-0.1, -0.05) is 0 Å². The molecular weight excluding hydrogens is 190 g/mol. The minimum absolute atomic E-state index is 0.119.